The molecule has 0 atom stereocenters. The zero-order chi connectivity index (χ0) is 8.27. The van der Waals surface area contributed by atoms with E-state index in [9.17, 15) is 4.79 Å². The second-order valence-electron chi connectivity index (χ2n) is 1.76. The first-order chi connectivity index (χ1) is 5.22. The number of hydrogen-bond acceptors (Lipinski definition) is 2. The molecule has 5 heteroatoms. The molecule has 1 rings (SSSR count). The van der Waals surface area contributed by atoms with E-state index in [2.05, 4.69) is 10.3 Å². The molecule has 1 N–H and O–H groups in total. The molecule has 1 aromatic rings. The van der Waals surface area contributed by atoms with Crippen molar-refractivity contribution in [2.75, 3.05) is 5.32 Å². The van der Waals surface area contributed by atoms with Crippen LogP contribution in [0.4, 0.5) is 5.69 Å². The quantitative estimate of drug-likeness (QED) is 0.573. The molecular weight excluding hydrogens is 187 g/mol. The van der Waals surface area contributed by atoms with Crippen LogP contribution in [0.15, 0.2) is 12.1 Å². The van der Waals surface area contributed by atoms with Crippen LogP contribution < -0.4 is 5.32 Å². The first-order valence-electron chi connectivity index (χ1n) is 2.75. The molecule has 3 nitrogen and oxygen atoms in total. The van der Waals surface area contributed by atoms with Crippen LogP contribution in [0.1, 0.15) is 0 Å². The first kappa shape index (κ1) is 8.30. The van der Waals surface area contributed by atoms with Gasteiger partial charge in [0.2, 0.25) is 6.41 Å². The van der Waals surface area contributed by atoms with Gasteiger partial charge >= 0.3 is 0 Å². The second kappa shape index (κ2) is 3.55. The molecule has 0 fully saturated rings. The Hall–Kier alpha value is -0.800. The predicted molar refractivity (Wildman–Crippen MR) is 43.9 cm³/mol. The van der Waals surface area contributed by atoms with Crippen LogP contribution >= 0.6 is 23.2 Å². The summed E-state index contributed by atoms with van der Waals surface area (Å²) in [5.74, 6) is 0. The topological polar surface area (TPSA) is 42.0 Å². The summed E-state index contributed by atoms with van der Waals surface area (Å²) in [6.07, 6.45) is 0.544. The fraction of sp³-hybridized carbons (Fsp3) is 0. The van der Waals surface area contributed by atoms with Gasteiger partial charge in [-0.3, -0.25) is 4.79 Å². The Morgan fingerprint density at radius 3 is 2.36 bits per heavy atom. The SMILES string of the molecule is O=CNc1cc(Cl)nc(Cl)c1. The van der Waals surface area contributed by atoms with Crippen LogP contribution in [0.25, 0.3) is 0 Å². The minimum Gasteiger partial charge on any atom is -0.328 e. The summed E-state index contributed by atoms with van der Waals surface area (Å²) in [5, 5.41) is 2.90. The largest absolute Gasteiger partial charge is 0.328 e. The van der Waals surface area contributed by atoms with E-state index in [-0.39, 0.29) is 10.3 Å². The third-order valence-electron chi connectivity index (χ3n) is 0.988. The molecule has 58 valence electrons. The van der Waals surface area contributed by atoms with Gasteiger partial charge < -0.3 is 5.32 Å². The Labute approximate surface area is 73.3 Å². The summed E-state index contributed by atoms with van der Waals surface area (Å²) in [4.78, 5) is 13.7. The van der Waals surface area contributed by atoms with Crippen molar-refractivity contribution in [3.05, 3.63) is 22.4 Å². The maximum Gasteiger partial charge on any atom is 0.211 e. The molecule has 0 saturated carbocycles. The number of hydrogen-bond donors (Lipinski definition) is 1. The lowest BCUT2D eigenvalue weighted by Crippen LogP contribution is -1.93. The van der Waals surface area contributed by atoms with Gasteiger partial charge in [-0.25, -0.2) is 4.98 Å². The van der Waals surface area contributed by atoms with Crippen molar-refractivity contribution in [1.29, 1.82) is 0 Å². The normalized spacial score (nSPS) is 9.27. The first-order valence-corrected chi connectivity index (χ1v) is 3.51. The second-order valence-corrected chi connectivity index (χ2v) is 2.54. The van der Waals surface area contributed by atoms with Crippen molar-refractivity contribution in [3.8, 4) is 0 Å². The van der Waals surface area contributed by atoms with Crippen molar-refractivity contribution in [2.24, 2.45) is 0 Å². The molecule has 0 spiro atoms. The molecule has 1 heterocycles. The van der Waals surface area contributed by atoms with Crippen molar-refractivity contribution in [2.45, 2.75) is 0 Å². The highest BCUT2D eigenvalue weighted by atomic mass is 35.5. The lowest BCUT2D eigenvalue weighted by Gasteiger charge is -1.98. The maximum atomic E-state index is 9.98. The van der Waals surface area contributed by atoms with Crippen molar-refractivity contribution >= 4 is 35.3 Å². The van der Waals surface area contributed by atoms with Crippen LogP contribution in [0.3, 0.4) is 0 Å². The van der Waals surface area contributed by atoms with Crippen LogP contribution in [0, 0.1) is 0 Å². The average Bonchev–Trinajstić information content (AvgIpc) is 1.85. The Bertz CT molecular complexity index is 257. The van der Waals surface area contributed by atoms with Gasteiger partial charge in [0, 0.05) is 5.69 Å². The molecule has 0 aliphatic heterocycles. The smallest absolute Gasteiger partial charge is 0.211 e. The highest BCUT2D eigenvalue weighted by Crippen LogP contribution is 2.17. The van der Waals surface area contributed by atoms with E-state index < -0.39 is 0 Å². The molecule has 0 aliphatic rings. The predicted octanol–water partition coefficient (Wildman–Crippen LogP) is 1.96. The van der Waals surface area contributed by atoms with E-state index in [0.717, 1.165) is 0 Å². The summed E-state index contributed by atoms with van der Waals surface area (Å²) in [6.45, 7) is 0. The molecule has 1 aromatic heterocycles. The molecule has 1 amide bonds. The summed E-state index contributed by atoms with van der Waals surface area (Å²) < 4.78 is 0. The average molecular weight is 191 g/mol. The van der Waals surface area contributed by atoms with E-state index in [0.29, 0.717) is 12.1 Å². The summed E-state index contributed by atoms with van der Waals surface area (Å²) in [7, 11) is 0. The number of carbonyl (C=O) groups is 1. The standard InChI is InChI=1S/C6H4Cl2N2O/c7-5-1-4(9-3-11)2-6(8)10-5/h1-3H,(H,9,10,11). The Balaban J connectivity index is 2.98. The van der Waals surface area contributed by atoms with Gasteiger partial charge in [0.15, 0.2) is 0 Å². The van der Waals surface area contributed by atoms with Crippen LogP contribution in [0.5, 0.6) is 0 Å². The number of rotatable bonds is 2. The minimum atomic E-state index is 0.252. The van der Waals surface area contributed by atoms with E-state index in [1.165, 1.54) is 12.1 Å². The molecule has 0 radical (unpaired) electrons. The number of nitrogens with one attached hydrogen (secondary N) is 1. The van der Waals surface area contributed by atoms with Crippen LogP contribution in [0.2, 0.25) is 10.3 Å². The van der Waals surface area contributed by atoms with Crippen molar-refractivity contribution in [1.82, 2.24) is 4.98 Å². The van der Waals surface area contributed by atoms with Gasteiger partial charge in [-0.15, -0.1) is 0 Å². The number of pyridine rings is 1. The summed E-state index contributed by atoms with van der Waals surface area (Å²) in [5.41, 5.74) is 0.532. The minimum absolute atomic E-state index is 0.252. The van der Waals surface area contributed by atoms with E-state index in [4.69, 9.17) is 23.2 Å². The van der Waals surface area contributed by atoms with Gasteiger partial charge in [-0.1, -0.05) is 23.2 Å². The lowest BCUT2D eigenvalue weighted by atomic mass is 10.4. The third kappa shape index (κ3) is 2.37. The van der Waals surface area contributed by atoms with Crippen LogP contribution in [-0.4, -0.2) is 11.4 Å². The molecule has 11 heavy (non-hydrogen) atoms. The molecule has 0 aliphatic carbocycles. The third-order valence-corrected chi connectivity index (χ3v) is 1.38. The highest BCUT2D eigenvalue weighted by Gasteiger charge is 1.96. The fourth-order valence-corrected chi connectivity index (χ4v) is 1.08. The van der Waals surface area contributed by atoms with Crippen molar-refractivity contribution < 1.29 is 4.79 Å². The summed E-state index contributed by atoms with van der Waals surface area (Å²) >= 11 is 11.1. The Morgan fingerprint density at radius 2 is 1.91 bits per heavy atom. The van der Waals surface area contributed by atoms with Gasteiger partial charge in [-0.2, -0.15) is 0 Å². The molecule has 0 aromatic carbocycles. The van der Waals surface area contributed by atoms with Gasteiger partial charge in [0.25, 0.3) is 0 Å². The maximum absolute atomic E-state index is 9.98. The molecule has 0 saturated heterocycles. The number of carbonyl (C=O) groups excluding carboxylic acids is 1. The molecule has 0 bridgehead atoms. The Kier molecular flexibility index (Phi) is 2.68. The van der Waals surface area contributed by atoms with E-state index >= 15 is 0 Å². The number of nitrogens with zero attached hydrogens (tertiary/aromatic N) is 1. The van der Waals surface area contributed by atoms with Gasteiger partial charge in [-0.05, 0) is 12.1 Å². The van der Waals surface area contributed by atoms with E-state index in [1.54, 1.807) is 0 Å². The zero-order valence-electron chi connectivity index (χ0n) is 5.34. The number of amides is 1. The monoisotopic (exact) mass is 190 g/mol. The summed E-state index contributed by atoms with van der Waals surface area (Å²) in [6, 6.07) is 3.00. The van der Waals surface area contributed by atoms with E-state index in [1.807, 2.05) is 0 Å². The molecular formula is C6H4Cl2N2O. The molecule has 0 unspecified atom stereocenters. The highest BCUT2D eigenvalue weighted by molar-refractivity contribution is 6.32. The number of anilines is 1. The van der Waals surface area contributed by atoms with Gasteiger partial charge in [0.05, 0.1) is 0 Å². The number of halogens is 2. The zero-order valence-corrected chi connectivity index (χ0v) is 6.86. The fourth-order valence-electron chi connectivity index (χ4n) is 0.616. The van der Waals surface area contributed by atoms with Crippen LogP contribution in [-0.2, 0) is 4.79 Å². The van der Waals surface area contributed by atoms with Crippen molar-refractivity contribution in [3.63, 3.8) is 0 Å². The van der Waals surface area contributed by atoms with Gasteiger partial charge in [0.1, 0.15) is 10.3 Å². The lowest BCUT2D eigenvalue weighted by molar-refractivity contribution is -0.105. The number of aromatic nitrogens is 1. The Morgan fingerprint density at radius 1 is 1.36 bits per heavy atom.